The van der Waals surface area contributed by atoms with Gasteiger partial charge in [-0.15, -0.1) is 0 Å². The smallest absolute Gasteiger partial charge is 0.223 e. The largest absolute Gasteiger partial charge is 0.330 e. The monoisotopic (exact) mass is 211 g/mol. The zero-order chi connectivity index (χ0) is 11.5. The number of carbonyl (C=O) groups excluding carboxylic acids is 2. The highest BCUT2D eigenvalue weighted by Crippen LogP contribution is 2.27. The fourth-order valence-corrected chi connectivity index (χ4v) is 2.11. The molecule has 0 aromatic rings. The van der Waals surface area contributed by atoms with Crippen molar-refractivity contribution in [3.05, 3.63) is 0 Å². The second-order valence-corrected chi connectivity index (χ2v) is 4.96. The lowest BCUT2D eigenvalue weighted by Gasteiger charge is -2.30. The first-order valence-electron chi connectivity index (χ1n) is 5.79. The summed E-state index contributed by atoms with van der Waals surface area (Å²) in [4.78, 5) is 24.9. The predicted octanol–water partition coefficient (Wildman–Crippen LogP) is 2.15. The van der Waals surface area contributed by atoms with Crippen molar-refractivity contribution in [3.8, 4) is 0 Å². The van der Waals surface area contributed by atoms with Gasteiger partial charge < -0.3 is 4.90 Å². The summed E-state index contributed by atoms with van der Waals surface area (Å²) in [6.45, 7) is 6.37. The Hall–Kier alpha value is -0.860. The zero-order valence-corrected chi connectivity index (χ0v) is 10.0. The molecule has 0 aromatic heterocycles. The highest BCUT2D eigenvalue weighted by molar-refractivity contribution is 5.91. The Morgan fingerprint density at radius 1 is 1.40 bits per heavy atom. The maximum Gasteiger partial charge on any atom is 0.223 e. The van der Waals surface area contributed by atoms with Crippen LogP contribution in [0.4, 0.5) is 0 Å². The van der Waals surface area contributed by atoms with Gasteiger partial charge in [-0.1, -0.05) is 19.8 Å². The van der Waals surface area contributed by atoms with E-state index in [4.69, 9.17) is 0 Å². The minimum absolute atomic E-state index is 0.138. The van der Waals surface area contributed by atoms with Crippen molar-refractivity contribution in [2.75, 3.05) is 6.54 Å². The molecule has 1 saturated heterocycles. The highest BCUT2D eigenvalue weighted by atomic mass is 16.2. The van der Waals surface area contributed by atoms with E-state index in [1.54, 1.807) is 4.90 Å². The lowest BCUT2D eigenvalue weighted by Crippen LogP contribution is -2.42. The number of hydrogen-bond acceptors (Lipinski definition) is 2. The van der Waals surface area contributed by atoms with Crippen molar-refractivity contribution in [3.63, 3.8) is 0 Å². The molecule has 0 spiro atoms. The van der Waals surface area contributed by atoms with Crippen LogP contribution < -0.4 is 0 Å². The second-order valence-electron chi connectivity index (χ2n) is 4.96. The number of amides is 1. The molecule has 15 heavy (non-hydrogen) atoms. The maximum atomic E-state index is 11.9. The lowest BCUT2D eigenvalue weighted by molar-refractivity contribution is -0.135. The molecule has 0 aliphatic carbocycles. The van der Waals surface area contributed by atoms with Crippen molar-refractivity contribution in [1.82, 2.24) is 4.90 Å². The van der Waals surface area contributed by atoms with Gasteiger partial charge in [0.2, 0.25) is 5.91 Å². The van der Waals surface area contributed by atoms with Crippen molar-refractivity contribution >= 4 is 11.7 Å². The van der Waals surface area contributed by atoms with Crippen LogP contribution in [0.15, 0.2) is 0 Å². The molecule has 3 nitrogen and oxygen atoms in total. The van der Waals surface area contributed by atoms with Gasteiger partial charge in [-0.2, -0.15) is 0 Å². The van der Waals surface area contributed by atoms with E-state index >= 15 is 0 Å². The molecule has 3 heteroatoms. The van der Waals surface area contributed by atoms with E-state index in [2.05, 4.69) is 6.92 Å². The minimum atomic E-state index is -0.264. The standard InChI is InChI=1S/C12H21NO2/c1-4-5-6-7-11(15)13-9-10(14)8-12(13,2)3/h4-9H2,1-3H3. The number of nitrogens with zero attached hydrogens (tertiary/aromatic N) is 1. The first-order chi connectivity index (χ1) is 6.97. The van der Waals surface area contributed by atoms with Gasteiger partial charge in [-0.25, -0.2) is 0 Å². The minimum Gasteiger partial charge on any atom is -0.330 e. The second kappa shape index (κ2) is 4.77. The van der Waals surface area contributed by atoms with Crippen LogP contribution in [0.25, 0.3) is 0 Å². The van der Waals surface area contributed by atoms with Gasteiger partial charge in [0.15, 0.2) is 5.78 Å². The molecular weight excluding hydrogens is 190 g/mol. The molecule has 0 radical (unpaired) electrons. The first-order valence-corrected chi connectivity index (χ1v) is 5.79. The average molecular weight is 211 g/mol. The number of Topliss-reactive ketones (excluding diaryl/α,β-unsaturated/α-hetero) is 1. The van der Waals surface area contributed by atoms with Gasteiger partial charge in [-0.3, -0.25) is 9.59 Å². The molecule has 1 rings (SSSR count). The van der Waals surface area contributed by atoms with Crippen LogP contribution >= 0.6 is 0 Å². The molecule has 1 amide bonds. The molecule has 0 bridgehead atoms. The van der Waals surface area contributed by atoms with Crippen LogP contribution in [-0.2, 0) is 9.59 Å². The Labute approximate surface area is 91.8 Å². The van der Waals surface area contributed by atoms with E-state index in [1.807, 2.05) is 13.8 Å². The Morgan fingerprint density at radius 2 is 2.07 bits per heavy atom. The summed E-state index contributed by atoms with van der Waals surface area (Å²) in [6.07, 6.45) is 4.25. The summed E-state index contributed by atoms with van der Waals surface area (Å²) in [7, 11) is 0. The van der Waals surface area contributed by atoms with Crippen LogP contribution in [-0.4, -0.2) is 28.7 Å². The van der Waals surface area contributed by atoms with Crippen molar-refractivity contribution in [1.29, 1.82) is 0 Å². The van der Waals surface area contributed by atoms with Crippen LogP contribution in [0.1, 0.15) is 52.9 Å². The molecule has 0 atom stereocenters. The molecule has 1 aliphatic heterocycles. The van der Waals surface area contributed by atoms with Crippen molar-refractivity contribution < 1.29 is 9.59 Å². The molecule has 1 heterocycles. The van der Waals surface area contributed by atoms with E-state index in [0.29, 0.717) is 19.4 Å². The van der Waals surface area contributed by atoms with Crippen LogP contribution in [0.5, 0.6) is 0 Å². The molecule has 0 aromatic carbocycles. The molecule has 1 fully saturated rings. The van der Waals surface area contributed by atoms with Crippen molar-refractivity contribution in [2.24, 2.45) is 0 Å². The molecule has 0 saturated carbocycles. The van der Waals surface area contributed by atoms with E-state index in [1.165, 1.54) is 0 Å². The van der Waals surface area contributed by atoms with Gasteiger partial charge in [0, 0.05) is 18.4 Å². The van der Waals surface area contributed by atoms with Crippen molar-refractivity contribution in [2.45, 2.75) is 58.4 Å². The Morgan fingerprint density at radius 3 is 2.53 bits per heavy atom. The molecule has 0 unspecified atom stereocenters. The Kier molecular flexibility index (Phi) is 3.89. The fourth-order valence-electron chi connectivity index (χ4n) is 2.11. The Bertz CT molecular complexity index is 258. The topological polar surface area (TPSA) is 37.4 Å². The first kappa shape index (κ1) is 12.2. The zero-order valence-electron chi connectivity index (χ0n) is 10.0. The van der Waals surface area contributed by atoms with E-state index in [-0.39, 0.29) is 17.2 Å². The number of unbranched alkanes of at least 4 members (excludes halogenated alkanes) is 2. The van der Waals surface area contributed by atoms with E-state index < -0.39 is 0 Å². The van der Waals surface area contributed by atoms with Gasteiger partial charge >= 0.3 is 0 Å². The number of likely N-dealkylation sites (tertiary alicyclic amines) is 1. The van der Waals surface area contributed by atoms with E-state index in [0.717, 1.165) is 19.3 Å². The lowest BCUT2D eigenvalue weighted by atomic mass is 10.0. The predicted molar refractivity (Wildman–Crippen MR) is 59.6 cm³/mol. The Balaban J connectivity index is 2.48. The quantitative estimate of drug-likeness (QED) is 0.668. The molecule has 86 valence electrons. The third-order valence-corrected chi connectivity index (χ3v) is 2.99. The summed E-state index contributed by atoms with van der Waals surface area (Å²) < 4.78 is 0. The van der Waals surface area contributed by atoms with Crippen LogP contribution in [0.2, 0.25) is 0 Å². The van der Waals surface area contributed by atoms with Gasteiger partial charge in [0.1, 0.15) is 0 Å². The summed E-state index contributed by atoms with van der Waals surface area (Å²) in [5, 5.41) is 0. The summed E-state index contributed by atoms with van der Waals surface area (Å²) >= 11 is 0. The molecular formula is C12H21NO2. The fraction of sp³-hybridized carbons (Fsp3) is 0.833. The molecule has 0 N–H and O–H groups in total. The highest BCUT2D eigenvalue weighted by Gasteiger charge is 2.39. The van der Waals surface area contributed by atoms with Crippen LogP contribution in [0.3, 0.4) is 0 Å². The number of rotatable bonds is 4. The number of carbonyl (C=O) groups is 2. The number of hydrogen-bond donors (Lipinski definition) is 0. The summed E-state index contributed by atoms with van der Waals surface area (Å²) in [5.41, 5.74) is -0.264. The summed E-state index contributed by atoms with van der Waals surface area (Å²) in [5.74, 6) is 0.322. The van der Waals surface area contributed by atoms with Gasteiger partial charge in [0.25, 0.3) is 0 Å². The summed E-state index contributed by atoms with van der Waals surface area (Å²) in [6, 6.07) is 0. The third-order valence-electron chi connectivity index (χ3n) is 2.99. The van der Waals surface area contributed by atoms with Gasteiger partial charge in [0.05, 0.1) is 6.54 Å². The van der Waals surface area contributed by atoms with E-state index in [9.17, 15) is 9.59 Å². The number of ketones is 1. The average Bonchev–Trinajstić information content (AvgIpc) is 2.39. The van der Waals surface area contributed by atoms with Gasteiger partial charge in [-0.05, 0) is 20.3 Å². The molecule has 1 aliphatic rings. The van der Waals surface area contributed by atoms with Crippen LogP contribution in [0, 0.1) is 0 Å². The SMILES string of the molecule is CCCCCC(=O)N1CC(=O)CC1(C)C. The third kappa shape index (κ3) is 3.05. The normalized spacial score (nSPS) is 19.7. The maximum absolute atomic E-state index is 11.9.